The van der Waals surface area contributed by atoms with Crippen molar-refractivity contribution in [2.24, 2.45) is 0 Å². The Hall–Kier alpha value is -3.60. The number of halogens is 3. The number of aliphatic hydroxyl groups is 1. The second-order valence-corrected chi connectivity index (χ2v) is 7.62. The number of alkyl halides is 3. The van der Waals surface area contributed by atoms with Crippen LogP contribution in [0.5, 0.6) is 0 Å². The highest BCUT2D eigenvalue weighted by atomic mass is 19.4. The Morgan fingerprint density at radius 3 is 2.00 bits per heavy atom. The normalized spacial score (nSPS) is 15.5. The molecule has 1 aliphatic carbocycles. The highest BCUT2D eigenvalue weighted by molar-refractivity contribution is 5.93. The van der Waals surface area contributed by atoms with E-state index in [1.807, 2.05) is 36.4 Å². The molecule has 1 aliphatic rings. The first-order chi connectivity index (χ1) is 15.5. The maximum Gasteiger partial charge on any atom is 0.420 e. The molecular formula is C22H21F3N2O6. The number of rotatable bonds is 7. The van der Waals surface area contributed by atoms with E-state index in [4.69, 9.17) is 14.9 Å². The molecule has 0 bridgehead atoms. The molecule has 2 aromatic carbocycles. The zero-order valence-electron chi connectivity index (χ0n) is 17.3. The van der Waals surface area contributed by atoms with E-state index in [0.29, 0.717) is 6.92 Å². The number of benzene rings is 2. The summed E-state index contributed by atoms with van der Waals surface area (Å²) in [5.41, 5.74) is 0.0270. The molecule has 0 radical (unpaired) electrons. The van der Waals surface area contributed by atoms with Crippen molar-refractivity contribution in [2.75, 3.05) is 13.2 Å². The van der Waals surface area contributed by atoms with Gasteiger partial charge >= 0.3 is 18.2 Å². The molecule has 0 fully saturated rings. The molecule has 2 atom stereocenters. The first kappa shape index (κ1) is 24.1. The highest BCUT2D eigenvalue weighted by Gasteiger charge is 2.58. The molecule has 33 heavy (non-hydrogen) atoms. The molecule has 8 nitrogen and oxygen atoms in total. The predicted molar refractivity (Wildman–Crippen MR) is 109 cm³/mol. The summed E-state index contributed by atoms with van der Waals surface area (Å²) in [6, 6.07) is 12.7. The van der Waals surface area contributed by atoms with Gasteiger partial charge in [0.05, 0.1) is 6.61 Å². The van der Waals surface area contributed by atoms with Gasteiger partial charge in [-0.15, -0.1) is 0 Å². The van der Waals surface area contributed by atoms with Gasteiger partial charge in [0.2, 0.25) is 5.54 Å². The number of carbonyl (C=O) groups excluding carboxylic acids is 2. The second kappa shape index (κ2) is 9.10. The van der Waals surface area contributed by atoms with Gasteiger partial charge in [0, 0.05) is 5.92 Å². The van der Waals surface area contributed by atoms with E-state index >= 15 is 0 Å². The van der Waals surface area contributed by atoms with Crippen LogP contribution in [0.15, 0.2) is 48.5 Å². The van der Waals surface area contributed by atoms with E-state index in [2.05, 4.69) is 0 Å². The van der Waals surface area contributed by atoms with E-state index in [1.165, 1.54) is 5.32 Å². The van der Waals surface area contributed by atoms with Gasteiger partial charge in [-0.3, -0.25) is 10.1 Å². The maximum absolute atomic E-state index is 13.7. The van der Waals surface area contributed by atoms with Crippen molar-refractivity contribution < 1.29 is 42.5 Å². The molecule has 0 saturated heterocycles. The summed E-state index contributed by atoms with van der Waals surface area (Å²) in [5, 5.41) is 20.9. The third-order valence-corrected chi connectivity index (χ3v) is 5.50. The van der Waals surface area contributed by atoms with Gasteiger partial charge in [-0.1, -0.05) is 48.5 Å². The Morgan fingerprint density at radius 2 is 1.55 bits per heavy atom. The van der Waals surface area contributed by atoms with Crippen LogP contribution in [0.25, 0.3) is 11.1 Å². The van der Waals surface area contributed by atoms with Gasteiger partial charge in [-0.25, -0.2) is 9.59 Å². The minimum Gasteiger partial charge on any atom is -0.480 e. The fraction of sp³-hybridized carbons (Fsp3) is 0.318. The topological polar surface area (TPSA) is 125 Å². The summed E-state index contributed by atoms with van der Waals surface area (Å²) in [7, 11) is 0. The lowest BCUT2D eigenvalue weighted by molar-refractivity contribution is -0.195. The largest absolute Gasteiger partial charge is 0.480 e. The van der Waals surface area contributed by atoms with Gasteiger partial charge in [0.1, 0.15) is 12.6 Å². The lowest BCUT2D eigenvalue weighted by Crippen LogP contribution is -2.67. The van der Waals surface area contributed by atoms with Gasteiger partial charge < -0.3 is 20.3 Å². The van der Waals surface area contributed by atoms with Crippen molar-refractivity contribution in [1.82, 2.24) is 10.6 Å². The average Bonchev–Trinajstić information content (AvgIpc) is 3.08. The van der Waals surface area contributed by atoms with Crippen LogP contribution in [-0.4, -0.2) is 59.2 Å². The summed E-state index contributed by atoms with van der Waals surface area (Å²) in [5.74, 6) is -4.01. The van der Waals surface area contributed by atoms with Crippen molar-refractivity contribution in [1.29, 1.82) is 0 Å². The third-order valence-electron chi connectivity index (χ3n) is 5.50. The molecule has 0 aliphatic heterocycles. The molecular weight excluding hydrogens is 445 g/mol. The lowest BCUT2D eigenvalue weighted by Gasteiger charge is -2.32. The summed E-state index contributed by atoms with van der Waals surface area (Å²) in [4.78, 5) is 35.5. The molecule has 4 N–H and O–H groups in total. The Morgan fingerprint density at radius 1 is 1.03 bits per heavy atom. The number of nitrogens with one attached hydrogen (secondary N) is 2. The molecule has 0 aromatic heterocycles. The van der Waals surface area contributed by atoms with Crippen molar-refractivity contribution in [3.8, 4) is 11.1 Å². The second-order valence-electron chi connectivity index (χ2n) is 7.62. The zero-order valence-corrected chi connectivity index (χ0v) is 17.3. The standard InChI is InChI=1S/C22H21F3N2O6/c1-21(22(23,24)25,19(31)26-17(10-28)18(29)30)27-20(32)33-11-16-14-8-4-2-6-12(14)13-7-3-5-9-15(13)16/h2-9,16-17,28H,10-11H2,1H3,(H,26,31)(H,27,32)(H,29,30). The van der Waals surface area contributed by atoms with Crippen LogP contribution in [0.3, 0.4) is 0 Å². The molecule has 3 rings (SSSR count). The van der Waals surface area contributed by atoms with Gasteiger partial charge in [-0.05, 0) is 29.2 Å². The molecule has 0 spiro atoms. The van der Waals surface area contributed by atoms with Crippen molar-refractivity contribution >= 4 is 18.0 Å². The summed E-state index contributed by atoms with van der Waals surface area (Å²) < 4.78 is 46.1. The van der Waals surface area contributed by atoms with Crippen LogP contribution in [0.4, 0.5) is 18.0 Å². The minimum atomic E-state index is -5.29. The molecule has 0 saturated carbocycles. The van der Waals surface area contributed by atoms with Gasteiger partial charge in [0.25, 0.3) is 5.91 Å². The SMILES string of the molecule is CC(NC(=O)OCC1c2ccccc2-c2ccccc21)(C(=O)NC(CO)C(=O)O)C(F)(F)F. The monoisotopic (exact) mass is 466 g/mol. The average molecular weight is 466 g/mol. The Labute approximate surface area is 186 Å². The molecule has 0 heterocycles. The van der Waals surface area contributed by atoms with E-state index in [0.717, 1.165) is 22.3 Å². The summed E-state index contributed by atoms with van der Waals surface area (Å²) in [6.45, 7) is -1.05. The highest BCUT2D eigenvalue weighted by Crippen LogP contribution is 2.44. The number of carbonyl (C=O) groups is 3. The quantitative estimate of drug-likeness (QED) is 0.497. The number of carboxylic acids is 1. The number of carboxylic acid groups (broad SMARTS) is 1. The van der Waals surface area contributed by atoms with Gasteiger partial charge in [-0.2, -0.15) is 13.2 Å². The minimum absolute atomic E-state index is 0.288. The van der Waals surface area contributed by atoms with E-state index in [9.17, 15) is 27.6 Å². The smallest absolute Gasteiger partial charge is 0.420 e. The molecule has 2 unspecified atom stereocenters. The van der Waals surface area contributed by atoms with Crippen molar-refractivity contribution in [2.45, 2.75) is 30.6 Å². The number of ether oxygens (including phenoxy) is 1. The third kappa shape index (κ3) is 4.63. The maximum atomic E-state index is 13.7. The molecule has 11 heteroatoms. The van der Waals surface area contributed by atoms with Gasteiger partial charge in [0.15, 0.2) is 0 Å². The number of aliphatic hydroxyl groups excluding tert-OH is 1. The first-order valence-corrected chi connectivity index (χ1v) is 9.84. The van der Waals surface area contributed by atoms with E-state index in [-0.39, 0.29) is 6.61 Å². The lowest BCUT2D eigenvalue weighted by atomic mass is 9.98. The number of alkyl carbamates (subject to hydrolysis) is 1. The Bertz CT molecular complexity index is 1030. The molecule has 2 amide bonds. The molecule has 176 valence electrons. The van der Waals surface area contributed by atoms with E-state index in [1.54, 1.807) is 17.4 Å². The fourth-order valence-electron chi connectivity index (χ4n) is 3.58. The summed E-state index contributed by atoms with van der Waals surface area (Å²) >= 11 is 0. The zero-order chi connectivity index (χ0) is 24.4. The van der Waals surface area contributed by atoms with Crippen LogP contribution >= 0.6 is 0 Å². The van der Waals surface area contributed by atoms with Crippen LogP contribution in [0.1, 0.15) is 24.0 Å². The van der Waals surface area contributed by atoms with Crippen LogP contribution in [0.2, 0.25) is 0 Å². The number of hydrogen-bond acceptors (Lipinski definition) is 5. The van der Waals surface area contributed by atoms with Crippen molar-refractivity contribution in [3.63, 3.8) is 0 Å². The number of fused-ring (bicyclic) bond motifs is 3. The summed E-state index contributed by atoms with van der Waals surface area (Å²) in [6.07, 6.45) is -6.80. The van der Waals surface area contributed by atoms with Crippen LogP contribution in [-0.2, 0) is 14.3 Å². The number of amides is 2. The Balaban J connectivity index is 1.75. The number of aliphatic carboxylic acids is 1. The first-order valence-electron chi connectivity index (χ1n) is 9.84. The van der Waals surface area contributed by atoms with Crippen molar-refractivity contribution in [3.05, 3.63) is 59.7 Å². The van der Waals surface area contributed by atoms with Crippen LogP contribution in [0, 0.1) is 0 Å². The van der Waals surface area contributed by atoms with E-state index < -0.39 is 48.3 Å². The number of hydrogen-bond donors (Lipinski definition) is 4. The van der Waals surface area contributed by atoms with Crippen LogP contribution < -0.4 is 10.6 Å². The molecule has 2 aromatic rings. The fourth-order valence-corrected chi connectivity index (χ4v) is 3.58. The predicted octanol–water partition coefficient (Wildman–Crippen LogP) is 2.41. The Kier molecular flexibility index (Phi) is 6.63.